The number of alkyl halides is 3. The molecule has 0 atom stereocenters. The molecule has 3 amide bonds. The van der Waals surface area contributed by atoms with Gasteiger partial charge in [-0.3, -0.25) is 9.59 Å². The molecule has 0 saturated carbocycles. The summed E-state index contributed by atoms with van der Waals surface area (Å²) in [5, 5.41) is 5.45. The third-order valence-corrected chi connectivity index (χ3v) is 6.13. The van der Waals surface area contributed by atoms with Gasteiger partial charge in [-0.25, -0.2) is 4.79 Å². The Bertz CT molecular complexity index is 1070. The van der Waals surface area contributed by atoms with E-state index >= 15 is 0 Å². The van der Waals surface area contributed by atoms with Crippen molar-refractivity contribution in [2.45, 2.75) is 38.4 Å². The maximum absolute atomic E-state index is 12.7. The molecule has 1 aliphatic rings. The Kier molecular flexibility index (Phi) is 7.23. The van der Waals surface area contributed by atoms with Gasteiger partial charge in [0.05, 0.1) is 4.34 Å². The van der Waals surface area contributed by atoms with Crippen LogP contribution in [0.15, 0.2) is 30.3 Å². The van der Waals surface area contributed by atoms with Gasteiger partial charge in [-0.2, -0.15) is 13.2 Å². The van der Waals surface area contributed by atoms with E-state index in [1.165, 1.54) is 19.9 Å². The zero-order valence-electron chi connectivity index (χ0n) is 17.7. The number of amides is 3. The van der Waals surface area contributed by atoms with Crippen molar-refractivity contribution in [2.24, 2.45) is 0 Å². The first-order valence-corrected chi connectivity index (χ1v) is 11.1. The molecule has 0 fully saturated rings. The van der Waals surface area contributed by atoms with Crippen LogP contribution in [0.5, 0.6) is 5.06 Å². The molecular weight excluding hydrogens is 483 g/mol. The maximum Gasteiger partial charge on any atom is 0.471 e. The lowest BCUT2D eigenvalue weighted by Gasteiger charge is -2.24. The molecule has 0 bridgehead atoms. The van der Waals surface area contributed by atoms with Gasteiger partial charge in [-0.1, -0.05) is 29.0 Å². The Morgan fingerprint density at radius 2 is 1.73 bits per heavy atom. The zero-order chi connectivity index (χ0) is 24.4. The molecule has 2 N–H and O–H groups in total. The van der Waals surface area contributed by atoms with Gasteiger partial charge < -0.3 is 20.3 Å². The molecule has 33 heavy (non-hydrogen) atoms. The molecule has 0 radical (unpaired) electrons. The van der Waals surface area contributed by atoms with Gasteiger partial charge in [-0.05, 0) is 62.1 Å². The Morgan fingerprint density at radius 3 is 2.33 bits per heavy atom. The summed E-state index contributed by atoms with van der Waals surface area (Å²) >= 11 is 6.86. The van der Waals surface area contributed by atoms with Crippen LogP contribution in [0.3, 0.4) is 0 Å². The summed E-state index contributed by atoms with van der Waals surface area (Å²) < 4.78 is 43.8. The van der Waals surface area contributed by atoms with Gasteiger partial charge >= 0.3 is 18.2 Å². The minimum absolute atomic E-state index is 0.0361. The second-order valence-corrected chi connectivity index (χ2v) is 9.60. The Hall–Kier alpha value is -2.79. The van der Waals surface area contributed by atoms with E-state index < -0.39 is 29.6 Å². The second kappa shape index (κ2) is 9.60. The van der Waals surface area contributed by atoms with Crippen LogP contribution in [0.1, 0.15) is 25.0 Å². The van der Waals surface area contributed by atoms with Crippen LogP contribution in [0, 0.1) is 0 Å². The summed E-state index contributed by atoms with van der Waals surface area (Å²) in [7, 11) is 0. The van der Waals surface area contributed by atoms with Crippen molar-refractivity contribution in [1.82, 2.24) is 10.2 Å². The van der Waals surface area contributed by atoms with Crippen molar-refractivity contribution >= 4 is 46.5 Å². The van der Waals surface area contributed by atoms with Gasteiger partial charge in [0.15, 0.2) is 5.06 Å². The minimum Gasteiger partial charge on any atom is -0.399 e. The number of ether oxygens (including phenoxy) is 1. The number of anilines is 1. The highest BCUT2D eigenvalue weighted by Crippen LogP contribution is 2.28. The highest BCUT2D eigenvalue weighted by atomic mass is 35.5. The largest absolute Gasteiger partial charge is 0.471 e. The summed E-state index contributed by atoms with van der Waals surface area (Å²) in [6.07, 6.45) is -5.24. The quantitative estimate of drug-likeness (QED) is 0.647. The Morgan fingerprint density at radius 1 is 1.06 bits per heavy atom. The molecule has 178 valence electrons. The van der Waals surface area contributed by atoms with Gasteiger partial charge in [0.25, 0.3) is 0 Å². The monoisotopic (exact) mass is 503 g/mol. The molecule has 0 spiro atoms. The van der Waals surface area contributed by atoms with Crippen molar-refractivity contribution in [1.29, 1.82) is 0 Å². The van der Waals surface area contributed by atoms with Gasteiger partial charge in [0, 0.05) is 18.8 Å². The lowest BCUT2D eigenvalue weighted by molar-refractivity contribution is -0.185. The van der Waals surface area contributed by atoms with E-state index in [0.29, 0.717) is 10.0 Å². The van der Waals surface area contributed by atoms with Crippen LogP contribution in [0.25, 0.3) is 0 Å². The van der Waals surface area contributed by atoms with Crippen molar-refractivity contribution in [3.8, 4) is 5.06 Å². The fraction of sp³-hybridized carbons (Fsp3) is 0.381. The standard InChI is InChI=1S/C21H21ClF3N3O4S/c1-20(2,27-19(31)32-16-6-5-15(22)33-16)17(29)26-14-4-3-12-7-9-28(10-8-13(12)11-14)18(30)21(23,24)25/h3-6,11H,7-10H2,1-2H3,(H,26,29)(H,27,31). The van der Waals surface area contributed by atoms with E-state index in [1.807, 2.05) is 0 Å². The normalized spacial score (nSPS) is 14.2. The van der Waals surface area contributed by atoms with E-state index in [-0.39, 0.29) is 31.0 Å². The van der Waals surface area contributed by atoms with Crippen LogP contribution in [-0.2, 0) is 22.4 Å². The number of thiophene rings is 1. The summed E-state index contributed by atoms with van der Waals surface area (Å²) in [6.45, 7) is 2.88. The molecular formula is C21H21ClF3N3O4S. The SMILES string of the molecule is CC(C)(NC(=O)Oc1ccc(Cl)s1)C(=O)Nc1ccc2c(c1)CCN(C(=O)C(F)(F)F)CC2. The molecule has 2 aromatic rings. The lowest BCUT2D eigenvalue weighted by atomic mass is 10.0. The number of fused-ring (bicyclic) bond motifs is 1. The van der Waals surface area contributed by atoms with E-state index in [4.69, 9.17) is 16.3 Å². The highest BCUT2D eigenvalue weighted by Gasteiger charge is 2.42. The minimum atomic E-state index is -4.91. The average Bonchev–Trinajstić information content (AvgIpc) is 2.99. The third-order valence-electron chi connectivity index (χ3n) is 5.02. The van der Waals surface area contributed by atoms with Crippen molar-refractivity contribution < 1.29 is 32.3 Å². The topological polar surface area (TPSA) is 87.7 Å². The Balaban J connectivity index is 1.62. The predicted molar refractivity (Wildman–Crippen MR) is 118 cm³/mol. The van der Waals surface area contributed by atoms with Crippen LogP contribution >= 0.6 is 22.9 Å². The lowest BCUT2D eigenvalue weighted by Crippen LogP contribution is -2.53. The number of halogens is 4. The van der Waals surface area contributed by atoms with E-state index in [2.05, 4.69) is 10.6 Å². The highest BCUT2D eigenvalue weighted by molar-refractivity contribution is 7.17. The number of nitrogens with one attached hydrogen (secondary N) is 2. The number of rotatable bonds is 4. The molecule has 0 saturated heterocycles. The first kappa shape index (κ1) is 24.8. The fourth-order valence-electron chi connectivity index (χ4n) is 3.25. The van der Waals surface area contributed by atoms with Gasteiger partial charge in [0.1, 0.15) is 5.54 Å². The van der Waals surface area contributed by atoms with Crippen LogP contribution in [0.4, 0.5) is 23.7 Å². The summed E-state index contributed by atoms with van der Waals surface area (Å²) in [5.74, 6) is -2.38. The third kappa shape index (κ3) is 6.38. The van der Waals surface area contributed by atoms with Crippen LogP contribution in [0.2, 0.25) is 4.34 Å². The molecule has 1 aliphatic heterocycles. The van der Waals surface area contributed by atoms with Crippen LogP contribution < -0.4 is 15.4 Å². The van der Waals surface area contributed by atoms with Crippen molar-refractivity contribution in [2.75, 3.05) is 18.4 Å². The summed E-state index contributed by atoms with van der Waals surface area (Å²) in [5.41, 5.74) is 0.634. The molecule has 0 aliphatic carbocycles. The first-order valence-electron chi connectivity index (χ1n) is 9.90. The molecule has 12 heteroatoms. The molecule has 7 nitrogen and oxygen atoms in total. The molecule has 1 aromatic carbocycles. The maximum atomic E-state index is 12.7. The zero-order valence-corrected chi connectivity index (χ0v) is 19.3. The summed E-state index contributed by atoms with van der Waals surface area (Å²) in [6, 6.07) is 8.10. The molecule has 3 rings (SSSR count). The summed E-state index contributed by atoms with van der Waals surface area (Å²) in [4.78, 5) is 37.2. The van der Waals surface area contributed by atoms with Crippen LogP contribution in [-0.4, -0.2) is 47.6 Å². The van der Waals surface area contributed by atoms with Crippen molar-refractivity contribution in [3.63, 3.8) is 0 Å². The van der Waals surface area contributed by atoms with Crippen molar-refractivity contribution in [3.05, 3.63) is 45.8 Å². The van der Waals surface area contributed by atoms with E-state index in [0.717, 1.165) is 27.4 Å². The van der Waals surface area contributed by atoms with Gasteiger partial charge in [0.2, 0.25) is 5.91 Å². The number of benzene rings is 1. The van der Waals surface area contributed by atoms with E-state index in [9.17, 15) is 27.6 Å². The number of carbonyl (C=O) groups is 3. The first-order chi connectivity index (χ1) is 15.3. The smallest absolute Gasteiger partial charge is 0.399 e. The number of hydrogen-bond acceptors (Lipinski definition) is 5. The average molecular weight is 504 g/mol. The predicted octanol–water partition coefficient (Wildman–Crippen LogP) is 4.40. The van der Waals surface area contributed by atoms with Gasteiger partial charge in [-0.15, -0.1) is 0 Å². The Labute approximate surface area is 196 Å². The number of nitrogens with zero attached hydrogens (tertiary/aromatic N) is 1. The number of hydrogen-bond donors (Lipinski definition) is 2. The second-order valence-electron chi connectivity index (χ2n) is 7.93. The van der Waals surface area contributed by atoms with E-state index in [1.54, 1.807) is 24.3 Å². The molecule has 2 heterocycles. The molecule has 0 unspecified atom stereocenters. The molecule has 1 aromatic heterocycles. The number of carbonyl (C=O) groups excluding carboxylic acids is 3. The fourth-order valence-corrected chi connectivity index (χ4v) is 4.13.